The van der Waals surface area contributed by atoms with Gasteiger partial charge < -0.3 is 15.4 Å². The molecular formula is C26H23Cl2N3O2. The number of carbonyl (C=O) groups is 1. The lowest BCUT2D eigenvalue weighted by Crippen LogP contribution is -2.43. The molecule has 0 aliphatic carbocycles. The van der Waals surface area contributed by atoms with E-state index in [4.69, 9.17) is 34.5 Å². The predicted octanol–water partition coefficient (Wildman–Crippen LogP) is 6.45. The SMILES string of the molecule is [C-]#[N+]c1cccc(-c2ccc(C3(OCC(=O)Nc4cc(Cl)cc(Cl)c4)CCNCC3)cc2)c1. The Morgan fingerprint density at radius 2 is 1.70 bits per heavy atom. The van der Waals surface area contributed by atoms with E-state index in [2.05, 4.69) is 27.6 Å². The van der Waals surface area contributed by atoms with Crippen molar-refractivity contribution >= 4 is 40.5 Å². The summed E-state index contributed by atoms with van der Waals surface area (Å²) in [5, 5.41) is 7.07. The van der Waals surface area contributed by atoms with Crippen molar-refractivity contribution in [3.8, 4) is 11.1 Å². The van der Waals surface area contributed by atoms with Crippen molar-refractivity contribution in [1.82, 2.24) is 5.32 Å². The first-order chi connectivity index (χ1) is 16.0. The molecule has 3 aromatic rings. The van der Waals surface area contributed by atoms with E-state index >= 15 is 0 Å². The summed E-state index contributed by atoms with van der Waals surface area (Å²) in [6, 6.07) is 20.7. The maximum Gasteiger partial charge on any atom is 0.250 e. The highest BCUT2D eigenvalue weighted by molar-refractivity contribution is 6.35. The fourth-order valence-corrected chi connectivity index (χ4v) is 4.62. The molecule has 3 aromatic carbocycles. The Kier molecular flexibility index (Phi) is 7.32. The summed E-state index contributed by atoms with van der Waals surface area (Å²) in [4.78, 5) is 16.1. The van der Waals surface area contributed by atoms with Crippen molar-refractivity contribution in [1.29, 1.82) is 0 Å². The first kappa shape index (κ1) is 23.3. The van der Waals surface area contributed by atoms with E-state index in [9.17, 15) is 4.79 Å². The van der Waals surface area contributed by atoms with E-state index in [-0.39, 0.29) is 12.5 Å². The number of hydrogen-bond acceptors (Lipinski definition) is 3. The van der Waals surface area contributed by atoms with Crippen LogP contribution in [0.25, 0.3) is 16.0 Å². The maximum absolute atomic E-state index is 12.6. The Morgan fingerprint density at radius 3 is 2.36 bits per heavy atom. The van der Waals surface area contributed by atoms with Crippen molar-refractivity contribution < 1.29 is 9.53 Å². The van der Waals surface area contributed by atoms with Gasteiger partial charge in [0.05, 0.1) is 12.2 Å². The Morgan fingerprint density at radius 1 is 1.00 bits per heavy atom. The van der Waals surface area contributed by atoms with Crippen LogP contribution in [0.5, 0.6) is 0 Å². The fourth-order valence-electron chi connectivity index (χ4n) is 4.10. The Hall–Kier alpha value is -2.88. The lowest BCUT2D eigenvalue weighted by atomic mass is 9.84. The summed E-state index contributed by atoms with van der Waals surface area (Å²) in [5.74, 6) is -0.265. The molecule has 0 unspecified atom stereocenters. The van der Waals surface area contributed by atoms with Crippen LogP contribution in [0, 0.1) is 6.57 Å². The van der Waals surface area contributed by atoms with Gasteiger partial charge >= 0.3 is 0 Å². The molecule has 1 aliphatic heterocycles. The molecule has 0 bridgehead atoms. The fraction of sp³-hybridized carbons (Fsp3) is 0.231. The molecule has 0 aromatic heterocycles. The number of carbonyl (C=O) groups excluding carboxylic acids is 1. The minimum absolute atomic E-state index is 0.0844. The minimum Gasteiger partial charge on any atom is -0.360 e. The number of ether oxygens (including phenoxy) is 1. The molecule has 33 heavy (non-hydrogen) atoms. The molecule has 5 nitrogen and oxygen atoms in total. The maximum atomic E-state index is 12.6. The minimum atomic E-state index is -0.550. The zero-order valence-corrected chi connectivity index (χ0v) is 19.4. The van der Waals surface area contributed by atoms with Gasteiger partial charge in [-0.1, -0.05) is 65.7 Å². The first-order valence-corrected chi connectivity index (χ1v) is 11.4. The monoisotopic (exact) mass is 479 g/mol. The standard InChI is InChI=1S/C26H23Cl2N3O2/c1-29-23-4-2-3-19(13-23)18-5-7-20(8-6-18)26(9-11-30-12-10-26)33-17-25(32)31-24-15-21(27)14-22(28)16-24/h2-8,13-16,30H,9-12,17H2,(H,31,32). The lowest BCUT2D eigenvalue weighted by molar-refractivity contribution is -0.131. The van der Waals surface area contributed by atoms with Crippen LogP contribution in [0.4, 0.5) is 11.4 Å². The molecule has 0 atom stereocenters. The van der Waals surface area contributed by atoms with E-state index in [0.717, 1.165) is 42.6 Å². The highest BCUT2D eigenvalue weighted by Gasteiger charge is 2.35. The van der Waals surface area contributed by atoms with Crippen LogP contribution < -0.4 is 10.6 Å². The molecule has 0 saturated carbocycles. The second-order valence-corrected chi connectivity index (χ2v) is 8.85. The van der Waals surface area contributed by atoms with E-state index in [0.29, 0.717) is 21.4 Å². The highest BCUT2D eigenvalue weighted by Crippen LogP contribution is 2.36. The van der Waals surface area contributed by atoms with Crippen molar-refractivity contribution in [3.05, 3.63) is 93.8 Å². The molecule has 1 saturated heterocycles. The number of amides is 1. The molecule has 2 N–H and O–H groups in total. The summed E-state index contributed by atoms with van der Waals surface area (Å²) in [7, 11) is 0. The van der Waals surface area contributed by atoms with E-state index in [1.165, 1.54) is 0 Å². The number of benzene rings is 3. The number of nitrogens with one attached hydrogen (secondary N) is 2. The third kappa shape index (κ3) is 5.73. The summed E-state index contributed by atoms with van der Waals surface area (Å²) in [6.45, 7) is 8.75. The zero-order chi connectivity index (χ0) is 23.3. The Labute approximate surface area is 203 Å². The third-order valence-electron chi connectivity index (χ3n) is 5.76. The summed E-state index contributed by atoms with van der Waals surface area (Å²) >= 11 is 12.0. The molecule has 0 spiro atoms. The molecule has 1 amide bonds. The number of nitrogens with zero attached hydrogens (tertiary/aromatic N) is 1. The average Bonchev–Trinajstić information content (AvgIpc) is 2.83. The molecule has 1 aliphatic rings. The van der Waals surface area contributed by atoms with Crippen molar-refractivity contribution in [2.24, 2.45) is 0 Å². The third-order valence-corrected chi connectivity index (χ3v) is 6.19. The van der Waals surface area contributed by atoms with Gasteiger partial charge in [0.25, 0.3) is 0 Å². The molecule has 1 fully saturated rings. The Bertz CT molecular complexity index is 1160. The van der Waals surface area contributed by atoms with Crippen LogP contribution in [0.2, 0.25) is 10.0 Å². The number of anilines is 1. The topological polar surface area (TPSA) is 54.7 Å². The van der Waals surface area contributed by atoms with Crippen LogP contribution >= 0.6 is 23.2 Å². The van der Waals surface area contributed by atoms with Crippen molar-refractivity contribution in [2.75, 3.05) is 25.0 Å². The van der Waals surface area contributed by atoms with Gasteiger partial charge in [-0.25, -0.2) is 4.85 Å². The molecule has 0 radical (unpaired) electrons. The van der Waals surface area contributed by atoms with Crippen LogP contribution in [0.1, 0.15) is 18.4 Å². The van der Waals surface area contributed by atoms with Gasteiger partial charge in [-0.3, -0.25) is 4.79 Å². The number of halogens is 2. The smallest absolute Gasteiger partial charge is 0.250 e. The summed E-state index contributed by atoms with van der Waals surface area (Å²) in [6.07, 6.45) is 1.52. The van der Waals surface area contributed by atoms with Gasteiger partial charge in [0.1, 0.15) is 6.61 Å². The van der Waals surface area contributed by atoms with Gasteiger partial charge in [-0.15, -0.1) is 0 Å². The number of hydrogen-bond donors (Lipinski definition) is 2. The normalized spacial score (nSPS) is 14.9. The van der Waals surface area contributed by atoms with Gasteiger partial charge in [0, 0.05) is 15.7 Å². The van der Waals surface area contributed by atoms with Gasteiger partial charge in [-0.2, -0.15) is 0 Å². The van der Waals surface area contributed by atoms with Gasteiger partial charge in [0.2, 0.25) is 5.91 Å². The molecular weight excluding hydrogens is 457 g/mol. The van der Waals surface area contributed by atoms with E-state index in [1.54, 1.807) is 24.3 Å². The lowest BCUT2D eigenvalue weighted by Gasteiger charge is -2.38. The number of piperidine rings is 1. The second-order valence-electron chi connectivity index (χ2n) is 7.98. The summed E-state index contributed by atoms with van der Waals surface area (Å²) < 4.78 is 6.28. The quantitative estimate of drug-likeness (QED) is 0.399. The highest BCUT2D eigenvalue weighted by atomic mass is 35.5. The molecule has 168 valence electrons. The van der Waals surface area contributed by atoms with Crippen molar-refractivity contribution in [3.63, 3.8) is 0 Å². The number of rotatable bonds is 6. The summed E-state index contributed by atoms with van der Waals surface area (Å²) in [5.41, 5.74) is 3.66. The van der Waals surface area contributed by atoms with Gasteiger partial charge in [-0.05, 0) is 66.9 Å². The van der Waals surface area contributed by atoms with E-state index < -0.39 is 5.60 Å². The Balaban J connectivity index is 1.50. The second kappa shape index (κ2) is 10.4. The predicted molar refractivity (Wildman–Crippen MR) is 133 cm³/mol. The van der Waals surface area contributed by atoms with Crippen LogP contribution in [-0.4, -0.2) is 25.6 Å². The zero-order valence-electron chi connectivity index (χ0n) is 17.9. The van der Waals surface area contributed by atoms with Gasteiger partial charge in [0.15, 0.2) is 5.69 Å². The van der Waals surface area contributed by atoms with Crippen LogP contribution in [-0.2, 0) is 15.1 Å². The first-order valence-electron chi connectivity index (χ1n) is 10.7. The molecule has 1 heterocycles. The molecule has 7 heteroatoms. The van der Waals surface area contributed by atoms with Crippen LogP contribution in [0.3, 0.4) is 0 Å². The van der Waals surface area contributed by atoms with Crippen LogP contribution in [0.15, 0.2) is 66.7 Å². The average molecular weight is 480 g/mol. The van der Waals surface area contributed by atoms with Crippen molar-refractivity contribution in [2.45, 2.75) is 18.4 Å². The van der Waals surface area contributed by atoms with E-state index in [1.807, 2.05) is 30.3 Å². The largest absolute Gasteiger partial charge is 0.360 e. The molecule has 4 rings (SSSR count).